The number of ether oxygens (including phenoxy) is 1. The van der Waals surface area contributed by atoms with E-state index >= 15 is 0 Å². The van der Waals surface area contributed by atoms with Crippen molar-refractivity contribution in [2.24, 2.45) is 0 Å². The molecule has 13 nitrogen and oxygen atoms in total. The van der Waals surface area contributed by atoms with Crippen molar-refractivity contribution in [1.82, 2.24) is 40.2 Å². The van der Waals surface area contributed by atoms with Crippen molar-refractivity contribution in [3.8, 4) is 0 Å². The molecule has 6 aromatic rings. The normalized spacial score (nSPS) is 14.7. The first kappa shape index (κ1) is 51.5. The number of aromatic nitrogens is 2. The van der Waals surface area contributed by atoms with E-state index in [1.165, 1.54) is 5.56 Å². The highest BCUT2D eigenvalue weighted by atomic mass is 79.9. The van der Waals surface area contributed by atoms with E-state index in [4.69, 9.17) is 16.3 Å². The zero-order chi connectivity index (χ0) is 48.7. The second kappa shape index (κ2) is 25.5. The number of aryl methyl sites for hydroxylation is 1. The lowest BCUT2D eigenvalue weighted by Crippen LogP contribution is -2.52. The fourth-order valence-corrected chi connectivity index (χ4v) is 9.21. The van der Waals surface area contributed by atoms with Crippen LogP contribution < -0.4 is 10.6 Å². The standard InChI is InChI=1S/C36H48BrN7O4.C17H11BrClNO/c1-3-27-4-6-28(7-5-27)8-11-31-35(30-10-9-29(37)24-32(30)40-31)36(47)39-13-15-42-18-22-44(23-19-42)34(46)26-48-25-33(45)43-20-16-41(17-21-43)14-12-38-2;18-12-4-7-14-15(10-21)16(20-17(14)9-12)8-3-11-1-5-13(19)6-2-11/h4-11,24,38,40H,3,12-23,25-26H2,1-2H3,(H,39,47);1-10,20H/b11-8+;8-3+. The van der Waals surface area contributed by atoms with Crippen LogP contribution in [0.1, 0.15) is 55.7 Å². The monoisotopic (exact) mass is 1080 g/mol. The number of hydrogen-bond donors (Lipinski definition) is 4. The molecule has 362 valence electrons. The third kappa shape index (κ3) is 14.3. The Balaban J connectivity index is 0.000000277. The molecule has 0 spiro atoms. The summed E-state index contributed by atoms with van der Waals surface area (Å²) in [5, 5.41) is 8.76. The maximum Gasteiger partial charge on any atom is 0.254 e. The van der Waals surface area contributed by atoms with Gasteiger partial charge in [0, 0.05) is 126 Å². The molecule has 16 heteroatoms. The number of likely N-dealkylation sites (N-methyl/N-ethyl adjacent to an activating group) is 1. The number of rotatable bonds is 17. The van der Waals surface area contributed by atoms with Crippen molar-refractivity contribution in [2.45, 2.75) is 13.3 Å². The third-order valence-electron chi connectivity index (χ3n) is 12.4. The number of benzene rings is 4. The molecule has 0 atom stereocenters. The fourth-order valence-electron chi connectivity index (χ4n) is 8.36. The van der Waals surface area contributed by atoms with E-state index in [9.17, 15) is 19.2 Å². The number of aldehydes is 1. The second-order valence-corrected chi connectivity index (χ2v) is 19.2. The molecule has 4 N–H and O–H groups in total. The van der Waals surface area contributed by atoms with Crippen LogP contribution in [0.3, 0.4) is 0 Å². The molecule has 0 saturated carbocycles. The van der Waals surface area contributed by atoms with E-state index in [-0.39, 0.29) is 30.9 Å². The Morgan fingerprint density at radius 3 is 1.72 bits per heavy atom. The second-order valence-electron chi connectivity index (χ2n) is 17.0. The average Bonchev–Trinajstić information content (AvgIpc) is 3.91. The van der Waals surface area contributed by atoms with Gasteiger partial charge in [0.2, 0.25) is 11.8 Å². The molecule has 4 aromatic carbocycles. The number of halogens is 3. The van der Waals surface area contributed by atoms with Gasteiger partial charge in [-0.2, -0.15) is 0 Å². The highest BCUT2D eigenvalue weighted by molar-refractivity contribution is 9.10. The molecule has 8 rings (SSSR count). The maximum atomic E-state index is 13.5. The number of piperazine rings is 2. The van der Waals surface area contributed by atoms with Crippen LogP contribution >= 0.6 is 43.5 Å². The van der Waals surface area contributed by atoms with Crippen LogP contribution in [-0.4, -0.2) is 152 Å². The van der Waals surface area contributed by atoms with Crippen LogP contribution in [0, 0.1) is 0 Å². The molecule has 3 amide bonds. The summed E-state index contributed by atoms with van der Waals surface area (Å²) in [7, 11) is 1.94. The fraction of sp³-hybridized carbons (Fsp3) is 0.321. The van der Waals surface area contributed by atoms with Gasteiger partial charge in [-0.15, -0.1) is 0 Å². The molecule has 0 radical (unpaired) electrons. The number of nitrogens with one attached hydrogen (secondary N) is 4. The number of aromatic amines is 2. The predicted molar refractivity (Wildman–Crippen MR) is 286 cm³/mol. The average molecular weight is 1080 g/mol. The van der Waals surface area contributed by atoms with Gasteiger partial charge in [-0.3, -0.25) is 29.0 Å². The zero-order valence-electron chi connectivity index (χ0n) is 39.0. The molecule has 2 aromatic heterocycles. The Kier molecular flexibility index (Phi) is 19.0. The number of hydrogen-bond acceptors (Lipinski definition) is 8. The number of carbonyl (C=O) groups excluding carboxylic acids is 4. The van der Waals surface area contributed by atoms with E-state index in [2.05, 4.69) is 93.5 Å². The van der Waals surface area contributed by atoms with Crippen molar-refractivity contribution in [3.05, 3.63) is 138 Å². The molecular weight excluding hydrogens is 1020 g/mol. The molecule has 69 heavy (non-hydrogen) atoms. The summed E-state index contributed by atoms with van der Waals surface area (Å²) < 4.78 is 7.45. The molecule has 0 aliphatic carbocycles. The number of amides is 3. The summed E-state index contributed by atoms with van der Waals surface area (Å²) in [6, 6.07) is 27.7. The van der Waals surface area contributed by atoms with E-state index < -0.39 is 0 Å². The van der Waals surface area contributed by atoms with Crippen molar-refractivity contribution in [2.75, 3.05) is 98.8 Å². The lowest BCUT2D eigenvalue weighted by Gasteiger charge is -2.35. The minimum absolute atomic E-state index is 0.0618. The first-order chi connectivity index (χ1) is 33.5. The largest absolute Gasteiger partial charge is 0.362 e. The van der Waals surface area contributed by atoms with Gasteiger partial charge in [-0.25, -0.2) is 0 Å². The first-order valence-electron chi connectivity index (χ1n) is 23.3. The molecule has 2 aliphatic rings. The molecule has 4 heterocycles. The lowest BCUT2D eigenvalue weighted by atomic mass is 10.1. The van der Waals surface area contributed by atoms with Crippen LogP contribution in [0.2, 0.25) is 5.02 Å². The topological polar surface area (TPSA) is 146 Å². The maximum absolute atomic E-state index is 13.5. The number of carbonyl (C=O) groups is 4. The van der Waals surface area contributed by atoms with E-state index in [0.717, 1.165) is 92.2 Å². The van der Waals surface area contributed by atoms with Gasteiger partial charge in [-0.05, 0) is 78.7 Å². The number of H-pyrrole nitrogens is 2. The first-order valence-corrected chi connectivity index (χ1v) is 25.3. The third-order valence-corrected chi connectivity index (χ3v) is 13.6. The lowest BCUT2D eigenvalue weighted by molar-refractivity contribution is -0.143. The van der Waals surface area contributed by atoms with Crippen LogP contribution in [0.5, 0.6) is 0 Å². The summed E-state index contributed by atoms with van der Waals surface area (Å²) in [4.78, 5) is 65.1. The van der Waals surface area contributed by atoms with Crippen molar-refractivity contribution >= 4 is 114 Å². The molecule has 2 aliphatic heterocycles. The summed E-state index contributed by atoms with van der Waals surface area (Å²) >= 11 is 12.8. The van der Waals surface area contributed by atoms with E-state index in [1.54, 1.807) is 4.90 Å². The van der Waals surface area contributed by atoms with Crippen LogP contribution in [-0.2, 0) is 20.7 Å². The van der Waals surface area contributed by atoms with Gasteiger partial charge >= 0.3 is 0 Å². The van der Waals surface area contributed by atoms with Crippen LogP contribution in [0.4, 0.5) is 0 Å². The van der Waals surface area contributed by atoms with Gasteiger partial charge in [0.15, 0.2) is 6.29 Å². The summed E-state index contributed by atoms with van der Waals surface area (Å²) in [5.41, 5.74) is 8.06. The highest BCUT2D eigenvalue weighted by Gasteiger charge is 2.24. The Morgan fingerprint density at radius 2 is 1.17 bits per heavy atom. The smallest absolute Gasteiger partial charge is 0.254 e. The Hall–Kier alpha value is -5.39. The van der Waals surface area contributed by atoms with Gasteiger partial charge in [0.25, 0.3) is 5.91 Å². The SMILES string of the molecule is CCc1ccc(/C=C/c2[nH]c3cc(Br)ccc3c2C(=O)NCCN2CCN(C(=O)COCC(=O)N3CCN(CCNC)CC3)CC2)cc1.O=Cc1c(/C=C/c2ccc(Cl)cc2)[nH]c2cc(Br)ccc12. The van der Waals surface area contributed by atoms with Crippen molar-refractivity contribution in [3.63, 3.8) is 0 Å². The molecule has 0 unspecified atom stereocenters. The Bertz CT molecular complexity index is 2760. The summed E-state index contributed by atoms with van der Waals surface area (Å²) in [6.45, 7) is 10.8. The molecule has 0 bridgehead atoms. The summed E-state index contributed by atoms with van der Waals surface area (Å²) in [5.74, 6) is -0.283. The van der Waals surface area contributed by atoms with Crippen molar-refractivity contribution < 1.29 is 23.9 Å². The quantitative estimate of drug-likeness (QED) is 0.0666. The van der Waals surface area contributed by atoms with Gasteiger partial charge in [-0.1, -0.05) is 111 Å². The van der Waals surface area contributed by atoms with Crippen molar-refractivity contribution in [1.29, 1.82) is 0 Å². The Morgan fingerprint density at radius 1 is 0.667 bits per heavy atom. The van der Waals surface area contributed by atoms with Gasteiger partial charge in [0.1, 0.15) is 13.2 Å². The highest BCUT2D eigenvalue weighted by Crippen LogP contribution is 2.28. The summed E-state index contributed by atoms with van der Waals surface area (Å²) in [6.07, 6.45) is 9.72. The molecule has 2 fully saturated rings. The predicted octanol–water partition coefficient (Wildman–Crippen LogP) is 8.48. The number of nitrogens with zero attached hydrogens (tertiary/aromatic N) is 4. The van der Waals surface area contributed by atoms with Gasteiger partial charge in [0.05, 0.1) is 11.3 Å². The van der Waals surface area contributed by atoms with Gasteiger partial charge < -0.3 is 35.1 Å². The Labute approximate surface area is 425 Å². The number of fused-ring (bicyclic) bond motifs is 2. The zero-order valence-corrected chi connectivity index (χ0v) is 43.0. The molecular formula is C53H59Br2ClN8O5. The van der Waals surface area contributed by atoms with Crippen LogP contribution in [0.25, 0.3) is 46.1 Å². The minimum atomic E-state index is -0.124. The van der Waals surface area contributed by atoms with E-state index in [0.29, 0.717) is 68.5 Å². The minimum Gasteiger partial charge on any atom is -0.362 e. The van der Waals surface area contributed by atoms with Crippen LogP contribution in [0.15, 0.2) is 93.9 Å². The molecule has 2 saturated heterocycles. The van der Waals surface area contributed by atoms with E-state index in [1.807, 2.05) is 96.9 Å².